The van der Waals surface area contributed by atoms with Crippen LogP contribution in [0.5, 0.6) is 17.2 Å². The molecule has 0 fully saturated rings. The summed E-state index contributed by atoms with van der Waals surface area (Å²) in [5, 5.41) is 0. The highest BCUT2D eigenvalue weighted by atomic mass is 16.5. The summed E-state index contributed by atoms with van der Waals surface area (Å²) in [6.45, 7) is 12.6. The lowest BCUT2D eigenvalue weighted by atomic mass is 10.0. The second-order valence-electron chi connectivity index (χ2n) is 6.40. The van der Waals surface area contributed by atoms with E-state index in [0.717, 1.165) is 11.1 Å². The van der Waals surface area contributed by atoms with Gasteiger partial charge in [0.15, 0.2) is 0 Å². The van der Waals surface area contributed by atoms with E-state index in [4.69, 9.17) is 14.2 Å². The number of carbonyl (C=O) groups excluding carboxylic acids is 2. The van der Waals surface area contributed by atoms with Crippen LogP contribution in [0.4, 0.5) is 0 Å². The topological polar surface area (TPSA) is 61.8 Å². The predicted molar refractivity (Wildman–Crippen MR) is 113 cm³/mol. The van der Waals surface area contributed by atoms with Gasteiger partial charge < -0.3 is 14.2 Å². The third kappa shape index (κ3) is 6.21. The molecule has 0 atom stereocenters. The molecule has 0 saturated heterocycles. The minimum Gasteiger partial charge on any atom is -0.489 e. The van der Waals surface area contributed by atoms with E-state index < -0.39 is 11.9 Å². The summed E-state index contributed by atoms with van der Waals surface area (Å²) in [6, 6.07) is 12.2. The molecule has 0 unspecified atom stereocenters. The quantitative estimate of drug-likeness (QED) is 0.265. The van der Waals surface area contributed by atoms with Gasteiger partial charge in [-0.1, -0.05) is 37.4 Å². The Bertz CT molecular complexity index is 952. The third-order valence-corrected chi connectivity index (χ3v) is 3.81. The van der Waals surface area contributed by atoms with Gasteiger partial charge in [0, 0.05) is 22.8 Å². The molecular formula is C24H24O5. The lowest BCUT2D eigenvalue weighted by Crippen LogP contribution is -2.08. The molecule has 2 aromatic rings. The lowest BCUT2D eigenvalue weighted by Gasteiger charge is -2.13. The molecule has 0 heterocycles. The first-order valence-corrected chi connectivity index (χ1v) is 9.05. The number of hydrogen-bond acceptors (Lipinski definition) is 5. The van der Waals surface area contributed by atoms with Crippen molar-refractivity contribution in [3.05, 3.63) is 78.9 Å². The minimum absolute atomic E-state index is 0.311. The van der Waals surface area contributed by atoms with E-state index in [9.17, 15) is 9.59 Å². The molecule has 0 aromatic heterocycles. The molecule has 5 heteroatoms. The van der Waals surface area contributed by atoms with E-state index in [1.807, 2.05) is 31.2 Å². The molecule has 2 aromatic carbocycles. The van der Waals surface area contributed by atoms with E-state index in [2.05, 4.69) is 13.2 Å². The van der Waals surface area contributed by atoms with Gasteiger partial charge in [0.25, 0.3) is 0 Å². The maximum Gasteiger partial charge on any atom is 0.338 e. The fraction of sp³-hybridized carbons (Fsp3) is 0.167. The van der Waals surface area contributed by atoms with Crippen LogP contribution in [-0.2, 0) is 9.59 Å². The first-order chi connectivity index (χ1) is 13.8. The normalized spacial score (nSPS) is 10.4. The predicted octanol–water partition coefficient (Wildman–Crippen LogP) is 5.27. The Balaban J connectivity index is 2.31. The molecule has 0 saturated carbocycles. The maximum absolute atomic E-state index is 11.8. The zero-order valence-corrected chi connectivity index (χ0v) is 16.9. The first kappa shape index (κ1) is 21.7. The van der Waals surface area contributed by atoms with Gasteiger partial charge in [0.2, 0.25) is 0 Å². The highest BCUT2D eigenvalue weighted by Gasteiger charge is 2.12. The molecule has 0 aliphatic heterocycles. The number of benzene rings is 2. The van der Waals surface area contributed by atoms with Crippen LogP contribution in [0.3, 0.4) is 0 Å². The summed E-state index contributed by atoms with van der Waals surface area (Å²) in [7, 11) is 0. The van der Waals surface area contributed by atoms with Gasteiger partial charge >= 0.3 is 11.9 Å². The van der Waals surface area contributed by atoms with Gasteiger partial charge in [-0.3, -0.25) is 0 Å². The van der Waals surface area contributed by atoms with Crippen molar-refractivity contribution in [3.63, 3.8) is 0 Å². The van der Waals surface area contributed by atoms with Crippen LogP contribution in [0, 0.1) is 0 Å². The summed E-state index contributed by atoms with van der Waals surface area (Å²) in [5.41, 5.74) is 2.30. The molecule has 0 amide bonds. The number of esters is 2. The molecule has 0 bridgehead atoms. The van der Waals surface area contributed by atoms with E-state index in [0.29, 0.717) is 35.0 Å². The monoisotopic (exact) mass is 392 g/mol. The van der Waals surface area contributed by atoms with Crippen LogP contribution >= 0.6 is 0 Å². The third-order valence-electron chi connectivity index (χ3n) is 3.81. The molecule has 0 spiro atoms. The summed E-state index contributed by atoms with van der Waals surface area (Å²) in [5.74, 6) is 0.369. The average Bonchev–Trinajstić information content (AvgIpc) is 2.69. The Labute approximate surface area is 170 Å². The van der Waals surface area contributed by atoms with Crippen molar-refractivity contribution in [1.82, 2.24) is 0 Å². The van der Waals surface area contributed by atoms with Crippen molar-refractivity contribution in [2.45, 2.75) is 20.8 Å². The SMILES string of the molecule is C=C(C)C(=O)Oc1ccc(-c2ccc(OC(=O)C(=C)C)cc2OC/C=C/C)cc1. The van der Waals surface area contributed by atoms with E-state index in [-0.39, 0.29) is 0 Å². The summed E-state index contributed by atoms with van der Waals surface area (Å²) in [6.07, 6.45) is 3.76. The number of rotatable bonds is 8. The molecule has 29 heavy (non-hydrogen) atoms. The Morgan fingerprint density at radius 3 is 2.00 bits per heavy atom. The van der Waals surface area contributed by atoms with Crippen molar-refractivity contribution in [2.75, 3.05) is 6.61 Å². The van der Waals surface area contributed by atoms with Gasteiger partial charge in [-0.05, 0) is 50.6 Å². The summed E-state index contributed by atoms with van der Waals surface area (Å²) in [4.78, 5) is 23.4. The highest BCUT2D eigenvalue weighted by molar-refractivity contribution is 5.89. The zero-order chi connectivity index (χ0) is 21.4. The molecule has 0 aliphatic rings. The first-order valence-electron chi connectivity index (χ1n) is 9.05. The van der Waals surface area contributed by atoms with Crippen molar-refractivity contribution < 1.29 is 23.8 Å². The van der Waals surface area contributed by atoms with Gasteiger partial charge in [-0.15, -0.1) is 0 Å². The van der Waals surface area contributed by atoms with Crippen molar-refractivity contribution in [1.29, 1.82) is 0 Å². The Hall–Kier alpha value is -3.60. The standard InChI is InChI=1S/C24H24O5/c1-6-7-14-27-22-15-20(29-24(26)17(4)5)12-13-21(22)18-8-10-19(11-9-18)28-23(25)16(2)3/h6-13,15H,2,4,14H2,1,3,5H3/b7-6+. The molecule has 5 nitrogen and oxygen atoms in total. The average molecular weight is 392 g/mol. The number of hydrogen-bond donors (Lipinski definition) is 0. The number of carbonyl (C=O) groups is 2. The van der Waals surface area contributed by atoms with Gasteiger partial charge in [0.05, 0.1) is 0 Å². The van der Waals surface area contributed by atoms with Crippen molar-refractivity contribution in [3.8, 4) is 28.4 Å². The van der Waals surface area contributed by atoms with Crippen LogP contribution in [0.1, 0.15) is 20.8 Å². The van der Waals surface area contributed by atoms with E-state index in [1.165, 1.54) is 0 Å². The smallest absolute Gasteiger partial charge is 0.338 e. The van der Waals surface area contributed by atoms with Gasteiger partial charge in [-0.2, -0.15) is 0 Å². The molecular weight excluding hydrogens is 368 g/mol. The second-order valence-corrected chi connectivity index (χ2v) is 6.40. The summed E-state index contributed by atoms with van der Waals surface area (Å²) >= 11 is 0. The van der Waals surface area contributed by atoms with Crippen LogP contribution in [-0.4, -0.2) is 18.5 Å². The highest BCUT2D eigenvalue weighted by Crippen LogP contribution is 2.34. The fourth-order valence-corrected chi connectivity index (χ4v) is 2.25. The molecule has 0 N–H and O–H groups in total. The Morgan fingerprint density at radius 2 is 1.45 bits per heavy atom. The molecule has 0 radical (unpaired) electrons. The lowest BCUT2D eigenvalue weighted by molar-refractivity contribution is -0.130. The Morgan fingerprint density at radius 1 is 0.897 bits per heavy atom. The Kier molecular flexibility index (Phi) is 7.54. The van der Waals surface area contributed by atoms with Crippen molar-refractivity contribution >= 4 is 11.9 Å². The minimum atomic E-state index is -0.499. The summed E-state index contributed by atoms with van der Waals surface area (Å²) < 4.78 is 16.4. The van der Waals surface area contributed by atoms with Crippen LogP contribution < -0.4 is 14.2 Å². The van der Waals surface area contributed by atoms with Crippen LogP contribution in [0.15, 0.2) is 78.9 Å². The van der Waals surface area contributed by atoms with E-state index >= 15 is 0 Å². The fourth-order valence-electron chi connectivity index (χ4n) is 2.25. The van der Waals surface area contributed by atoms with Gasteiger partial charge in [0.1, 0.15) is 23.9 Å². The number of allylic oxidation sites excluding steroid dienone is 1. The molecule has 2 rings (SSSR count). The van der Waals surface area contributed by atoms with Crippen LogP contribution in [0.25, 0.3) is 11.1 Å². The molecule has 0 aliphatic carbocycles. The van der Waals surface area contributed by atoms with Gasteiger partial charge in [-0.25, -0.2) is 9.59 Å². The number of ether oxygens (including phenoxy) is 3. The largest absolute Gasteiger partial charge is 0.489 e. The van der Waals surface area contributed by atoms with Crippen LogP contribution in [0.2, 0.25) is 0 Å². The van der Waals surface area contributed by atoms with E-state index in [1.54, 1.807) is 44.2 Å². The zero-order valence-electron chi connectivity index (χ0n) is 16.9. The van der Waals surface area contributed by atoms with Crippen molar-refractivity contribution in [2.24, 2.45) is 0 Å². The maximum atomic E-state index is 11.8. The molecule has 150 valence electrons. The second kappa shape index (κ2) is 10.1.